The Morgan fingerprint density at radius 2 is 1.77 bits per heavy atom. The number of sulfonamides is 1. The molecule has 144 valence electrons. The molecule has 0 aliphatic carbocycles. The van der Waals surface area contributed by atoms with Crippen LogP contribution >= 0.6 is 0 Å². The van der Waals surface area contributed by atoms with Crippen LogP contribution in [0.1, 0.15) is 24.2 Å². The number of nitrogens with one attached hydrogen (secondary N) is 2. The molecule has 26 heavy (non-hydrogen) atoms. The van der Waals surface area contributed by atoms with Crippen LogP contribution in [-0.4, -0.2) is 63.8 Å². The van der Waals surface area contributed by atoms with Crippen molar-refractivity contribution in [1.29, 1.82) is 0 Å². The summed E-state index contributed by atoms with van der Waals surface area (Å²) in [5.74, 6) is -1.87. The van der Waals surface area contributed by atoms with Crippen molar-refractivity contribution in [3.8, 4) is 0 Å². The summed E-state index contributed by atoms with van der Waals surface area (Å²) in [6.45, 7) is 3.23. The second-order valence-electron chi connectivity index (χ2n) is 5.14. The van der Waals surface area contributed by atoms with E-state index in [-0.39, 0.29) is 22.9 Å². The molecular weight excluding hydrogens is 362 g/mol. The maximum Gasteiger partial charge on any atom is 0.338 e. The summed E-state index contributed by atoms with van der Waals surface area (Å²) < 4.78 is 31.1. The van der Waals surface area contributed by atoms with Gasteiger partial charge in [0.2, 0.25) is 15.9 Å². The topological polar surface area (TPSA) is 122 Å². The Hall–Kier alpha value is -2.46. The lowest BCUT2D eigenvalue weighted by Gasteiger charge is -2.18. The van der Waals surface area contributed by atoms with Gasteiger partial charge in [0.15, 0.2) is 6.61 Å². The highest BCUT2D eigenvalue weighted by Gasteiger charge is 2.23. The molecule has 2 amide bonds. The molecule has 9 nitrogen and oxygen atoms in total. The van der Waals surface area contributed by atoms with E-state index in [1.54, 1.807) is 13.8 Å². The van der Waals surface area contributed by atoms with Crippen molar-refractivity contribution in [2.24, 2.45) is 0 Å². The largest absolute Gasteiger partial charge is 0.452 e. The molecule has 0 heterocycles. The lowest BCUT2D eigenvalue weighted by atomic mass is 10.2. The maximum absolute atomic E-state index is 12.5. The minimum atomic E-state index is -3.71. The molecule has 2 N–H and O–H groups in total. The summed E-state index contributed by atoms with van der Waals surface area (Å²) in [5, 5.41) is 4.60. The van der Waals surface area contributed by atoms with Gasteiger partial charge in [0.05, 0.1) is 17.0 Å². The number of amides is 2. The molecule has 0 aromatic heterocycles. The first kappa shape index (κ1) is 21.6. The molecule has 1 rings (SSSR count). The normalized spacial score (nSPS) is 11.1. The highest BCUT2D eigenvalue weighted by atomic mass is 32.2. The van der Waals surface area contributed by atoms with Crippen molar-refractivity contribution >= 4 is 27.8 Å². The summed E-state index contributed by atoms with van der Waals surface area (Å²) in [6.07, 6.45) is 0. The molecule has 1 aromatic carbocycles. The fourth-order valence-corrected chi connectivity index (χ4v) is 3.53. The average molecular weight is 385 g/mol. The Bertz CT molecular complexity index is 759. The number of carbonyl (C=O) groups is 3. The third kappa shape index (κ3) is 5.81. The molecule has 0 saturated heterocycles. The van der Waals surface area contributed by atoms with E-state index in [0.29, 0.717) is 13.1 Å². The smallest absolute Gasteiger partial charge is 0.338 e. The molecule has 10 heteroatoms. The van der Waals surface area contributed by atoms with Gasteiger partial charge in [-0.2, -0.15) is 4.31 Å². The highest BCUT2D eigenvalue weighted by Crippen LogP contribution is 2.17. The number of hydrogen-bond acceptors (Lipinski definition) is 6. The molecule has 0 radical (unpaired) electrons. The standard InChI is InChI=1S/C16H23N3O6S/c1-4-19(5-2)26(23,24)13-8-6-7-12(9-13)16(22)25-11-15(21)18-10-14(20)17-3/h6-9H,4-5,10-11H2,1-3H3,(H,17,20)(H,18,21). The Morgan fingerprint density at radius 3 is 2.35 bits per heavy atom. The first-order chi connectivity index (χ1) is 12.3. The monoisotopic (exact) mass is 385 g/mol. The van der Waals surface area contributed by atoms with E-state index in [1.807, 2.05) is 0 Å². The highest BCUT2D eigenvalue weighted by molar-refractivity contribution is 7.89. The van der Waals surface area contributed by atoms with Gasteiger partial charge in [-0.25, -0.2) is 13.2 Å². The van der Waals surface area contributed by atoms with Gasteiger partial charge < -0.3 is 15.4 Å². The molecule has 0 aliphatic rings. The molecule has 0 saturated carbocycles. The molecule has 0 atom stereocenters. The number of esters is 1. The molecule has 0 unspecified atom stereocenters. The van der Waals surface area contributed by atoms with E-state index >= 15 is 0 Å². The van der Waals surface area contributed by atoms with Gasteiger partial charge in [0, 0.05) is 20.1 Å². The van der Waals surface area contributed by atoms with Crippen LogP contribution in [0.3, 0.4) is 0 Å². The average Bonchev–Trinajstić information content (AvgIpc) is 2.64. The van der Waals surface area contributed by atoms with Crippen LogP contribution in [0.5, 0.6) is 0 Å². The SMILES string of the molecule is CCN(CC)S(=O)(=O)c1cccc(C(=O)OCC(=O)NCC(=O)NC)c1. The zero-order valence-corrected chi connectivity index (χ0v) is 15.8. The predicted octanol–water partition coefficient (Wildman–Crippen LogP) is -0.264. The second-order valence-corrected chi connectivity index (χ2v) is 7.08. The predicted molar refractivity (Wildman–Crippen MR) is 93.9 cm³/mol. The van der Waals surface area contributed by atoms with E-state index in [4.69, 9.17) is 4.74 Å². The van der Waals surface area contributed by atoms with Crippen LogP contribution in [0.2, 0.25) is 0 Å². The molecule has 0 spiro atoms. The third-order valence-electron chi connectivity index (χ3n) is 3.47. The van der Waals surface area contributed by atoms with E-state index in [0.717, 1.165) is 0 Å². The van der Waals surface area contributed by atoms with Crippen molar-refractivity contribution in [1.82, 2.24) is 14.9 Å². The zero-order valence-electron chi connectivity index (χ0n) is 14.9. The summed E-state index contributed by atoms with van der Waals surface area (Å²) in [4.78, 5) is 34.6. The summed E-state index contributed by atoms with van der Waals surface area (Å²) in [6, 6.07) is 5.42. The minimum Gasteiger partial charge on any atom is -0.452 e. The number of likely N-dealkylation sites (N-methyl/N-ethyl adjacent to an activating group) is 1. The Morgan fingerprint density at radius 1 is 1.12 bits per heavy atom. The quantitative estimate of drug-likeness (QED) is 0.565. The summed E-state index contributed by atoms with van der Waals surface area (Å²) >= 11 is 0. The van der Waals surface area contributed by atoms with Gasteiger partial charge in [-0.15, -0.1) is 0 Å². The fraction of sp³-hybridized carbons (Fsp3) is 0.438. The number of ether oxygens (including phenoxy) is 1. The van der Waals surface area contributed by atoms with Gasteiger partial charge in [0.1, 0.15) is 0 Å². The van der Waals surface area contributed by atoms with E-state index in [9.17, 15) is 22.8 Å². The van der Waals surface area contributed by atoms with Crippen LogP contribution < -0.4 is 10.6 Å². The third-order valence-corrected chi connectivity index (χ3v) is 5.52. The summed E-state index contributed by atoms with van der Waals surface area (Å²) in [7, 11) is -2.28. The minimum absolute atomic E-state index is 0.0114. The van der Waals surface area contributed by atoms with Crippen LogP contribution in [0.25, 0.3) is 0 Å². The lowest BCUT2D eigenvalue weighted by Crippen LogP contribution is -2.37. The van der Waals surface area contributed by atoms with Gasteiger partial charge in [-0.05, 0) is 18.2 Å². The number of nitrogens with zero attached hydrogens (tertiary/aromatic N) is 1. The fourth-order valence-electron chi connectivity index (χ4n) is 2.03. The summed E-state index contributed by atoms with van der Waals surface area (Å²) in [5.41, 5.74) is 0.0114. The Labute approximate surface area is 152 Å². The number of benzene rings is 1. The van der Waals surface area contributed by atoms with Crippen LogP contribution in [0.4, 0.5) is 0 Å². The Balaban J connectivity index is 2.77. The van der Waals surface area contributed by atoms with Gasteiger partial charge in [-0.3, -0.25) is 9.59 Å². The number of hydrogen-bond donors (Lipinski definition) is 2. The number of carbonyl (C=O) groups excluding carboxylic acids is 3. The van der Waals surface area contributed by atoms with Gasteiger partial charge in [0.25, 0.3) is 5.91 Å². The molecular formula is C16H23N3O6S. The van der Waals surface area contributed by atoms with Crippen molar-refractivity contribution < 1.29 is 27.5 Å². The van der Waals surface area contributed by atoms with E-state index in [2.05, 4.69) is 10.6 Å². The van der Waals surface area contributed by atoms with Crippen LogP contribution in [0, 0.1) is 0 Å². The molecule has 0 bridgehead atoms. The van der Waals surface area contributed by atoms with E-state index < -0.39 is 28.5 Å². The van der Waals surface area contributed by atoms with Crippen molar-refractivity contribution in [3.05, 3.63) is 29.8 Å². The second kappa shape index (κ2) is 9.88. The first-order valence-corrected chi connectivity index (χ1v) is 9.44. The van der Waals surface area contributed by atoms with E-state index in [1.165, 1.54) is 35.6 Å². The van der Waals surface area contributed by atoms with Crippen LogP contribution in [-0.2, 0) is 24.3 Å². The molecule has 1 aromatic rings. The van der Waals surface area contributed by atoms with Crippen molar-refractivity contribution in [2.45, 2.75) is 18.7 Å². The maximum atomic E-state index is 12.5. The zero-order chi connectivity index (χ0) is 19.7. The van der Waals surface area contributed by atoms with Gasteiger partial charge >= 0.3 is 5.97 Å². The lowest BCUT2D eigenvalue weighted by molar-refractivity contribution is -0.127. The van der Waals surface area contributed by atoms with Gasteiger partial charge in [-0.1, -0.05) is 19.9 Å². The molecule has 0 fully saturated rings. The Kier molecular flexibility index (Phi) is 8.20. The van der Waals surface area contributed by atoms with Crippen molar-refractivity contribution in [3.63, 3.8) is 0 Å². The van der Waals surface area contributed by atoms with Crippen molar-refractivity contribution in [2.75, 3.05) is 33.3 Å². The molecule has 0 aliphatic heterocycles. The van der Waals surface area contributed by atoms with Crippen LogP contribution in [0.15, 0.2) is 29.2 Å². The number of rotatable bonds is 9. The first-order valence-electron chi connectivity index (χ1n) is 8.00.